The summed E-state index contributed by atoms with van der Waals surface area (Å²) in [6.45, 7) is 1.94. The summed E-state index contributed by atoms with van der Waals surface area (Å²) in [5.41, 5.74) is 9.17. The third-order valence-electron chi connectivity index (χ3n) is 4.33. The van der Waals surface area contributed by atoms with E-state index in [1.54, 1.807) is 31.2 Å². The summed E-state index contributed by atoms with van der Waals surface area (Å²) >= 11 is 0. The molecule has 0 aliphatic heterocycles. The highest BCUT2D eigenvalue weighted by Crippen LogP contribution is 2.26. The van der Waals surface area contributed by atoms with Gasteiger partial charge in [0.2, 0.25) is 0 Å². The second kappa shape index (κ2) is 10.4. The van der Waals surface area contributed by atoms with Gasteiger partial charge in [-0.3, -0.25) is 5.41 Å². The molecule has 7 heteroatoms. The first kappa shape index (κ1) is 21.4. The van der Waals surface area contributed by atoms with Gasteiger partial charge in [-0.15, -0.1) is 0 Å². The molecule has 1 unspecified atom stereocenters. The topological polar surface area (TPSA) is 129 Å². The second-order valence-corrected chi connectivity index (χ2v) is 6.30. The molecule has 1 atom stereocenters. The lowest BCUT2D eigenvalue weighted by atomic mass is 9.94. The highest BCUT2D eigenvalue weighted by Gasteiger charge is 2.25. The molecule has 2 aromatic carbocycles. The van der Waals surface area contributed by atoms with E-state index < -0.39 is 12.0 Å². The number of carbonyl (C=O) groups excluding carboxylic acids is 1. The van der Waals surface area contributed by atoms with Crippen molar-refractivity contribution in [1.29, 1.82) is 5.41 Å². The van der Waals surface area contributed by atoms with Crippen LogP contribution in [0.25, 0.3) is 0 Å². The Hall–Kier alpha value is -2.90. The smallest absolute Gasteiger partial charge is 0.333 e. The maximum Gasteiger partial charge on any atom is 0.333 e. The van der Waals surface area contributed by atoms with E-state index in [1.165, 1.54) is 0 Å². The fraction of sp³-hybridized carbons (Fsp3) is 0.333. The van der Waals surface area contributed by atoms with Crippen LogP contribution >= 0.6 is 0 Å². The number of aliphatic hydroxyl groups is 2. The Bertz CT molecular complexity index is 806. The Morgan fingerprint density at radius 1 is 1.14 bits per heavy atom. The molecule has 2 aromatic rings. The van der Waals surface area contributed by atoms with Gasteiger partial charge in [0.05, 0.1) is 6.61 Å². The predicted octanol–water partition coefficient (Wildman–Crippen LogP) is 1.76. The van der Waals surface area contributed by atoms with Gasteiger partial charge in [-0.05, 0) is 60.7 Å². The number of anilines is 1. The summed E-state index contributed by atoms with van der Waals surface area (Å²) in [5, 5.41) is 29.3. The average Bonchev–Trinajstić information content (AvgIpc) is 2.68. The van der Waals surface area contributed by atoms with Gasteiger partial charge in [0.25, 0.3) is 0 Å². The molecule has 150 valence electrons. The molecule has 0 heterocycles. The van der Waals surface area contributed by atoms with Crippen LogP contribution in [0.1, 0.15) is 35.2 Å². The number of hydrogen-bond donors (Lipinski definition) is 5. The van der Waals surface area contributed by atoms with Gasteiger partial charge in [0.15, 0.2) is 6.04 Å². The van der Waals surface area contributed by atoms with Crippen molar-refractivity contribution in [3.8, 4) is 0 Å². The number of ether oxygens (including phenoxy) is 1. The summed E-state index contributed by atoms with van der Waals surface area (Å²) in [7, 11) is 0. The minimum absolute atomic E-state index is 0.00277. The number of carbonyl (C=O) groups is 1. The molecule has 6 N–H and O–H groups in total. The summed E-state index contributed by atoms with van der Waals surface area (Å²) in [4.78, 5) is 12.7. The first-order valence-corrected chi connectivity index (χ1v) is 9.21. The third-order valence-corrected chi connectivity index (χ3v) is 4.33. The van der Waals surface area contributed by atoms with Gasteiger partial charge in [0.1, 0.15) is 5.84 Å². The van der Waals surface area contributed by atoms with Crippen LogP contribution in [0.2, 0.25) is 0 Å². The van der Waals surface area contributed by atoms with E-state index in [1.807, 2.05) is 18.2 Å². The Balaban J connectivity index is 2.43. The van der Waals surface area contributed by atoms with Crippen LogP contribution in [-0.4, -0.2) is 41.8 Å². The fourth-order valence-electron chi connectivity index (χ4n) is 2.95. The summed E-state index contributed by atoms with van der Waals surface area (Å²) in [6.07, 6.45) is 0.866. The van der Waals surface area contributed by atoms with Crippen LogP contribution < -0.4 is 11.1 Å². The molecule has 0 saturated heterocycles. The number of amidine groups is 1. The van der Waals surface area contributed by atoms with E-state index >= 15 is 0 Å². The van der Waals surface area contributed by atoms with E-state index in [9.17, 15) is 15.0 Å². The van der Waals surface area contributed by atoms with Crippen molar-refractivity contribution < 1.29 is 19.7 Å². The molecule has 0 saturated carbocycles. The van der Waals surface area contributed by atoms with Crippen molar-refractivity contribution in [3.63, 3.8) is 0 Å². The Labute approximate surface area is 164 Å². The minimum Gasteiger partial charge on any atom is -0.464 e. The number of nitrogens with one attached hydrogen (secondary N) is 2. The number of aliphatic hydroxyl groups excluding tert-OH is 2. The molecule has 0 aliphatic rings. The number of rotatable bonds is 10. The lowest BCUT2D eigenvalue weighted by molar-refractivity contribution is -0.144. The predicted molar refractivity (Wildman–Crippen MR) is 108 cm³/mol. The number of nitrogens with two attached hydrogens (primary N) is 1. The van der Waals surface area contributed by atoms with Gasteiger partial charge in [-0.25, -0.2) is 4.79 Å². The molecule has 0 aromatic heterocycles. The normalized spacial score (nSPS) is 11.7. The van der Waals surface area contributed by atoms with Crippen LogP contribution in [0.5, 0.6) is 0 Å². The number of hydrogen-bond acceptors (Lipinski definition) is 6. The van der Waals surface area contributed by atoms with E-state index in [0.717, 1.165) is 11.1 Å². The Morgan fingerprint density at radius 3 is 2.39 bits per heavy atom. The Kier molecular flexibility index (Phi) is 7.98. The van der Waals surface area contributed by atoms with E-state index in [4.69, 9.17) is 15.9 Å². The van der Waals surface area contributed by atoms with Crippen molar-refractivity contribution in [2.24, 2.45) is 5.73 Å². The molecule has 2 rings (SSSR count). The third kappa shape index (κ3) is 5.55. The van der Waals surface area contributed by atoms with Gasteiger partial charge in [-0.2, -0.15) is 0 Å². The van der Waals surface area contributed by atoms with Crippen LogP contribution in [0, 0.1) is 5.41 Å². The van der Waals surface area contributed by atoms with Gasteiger partial charge >= 0.3 is 5.97 Å². The highest BCUT2D eigenvalue weighted by molar-refractivity contribution is 5.95. The van der Waals surface area contributed by atoms with Crippen LogP contribution in [0.4, 0.5) is 5.69 Å². The minimum atomic E-state index is -0.775. The van der Waals surface area contributed by atoms with Crippen molar-refractivity contribution in [1.82, 2.24) is 0 Å². The average molecular weight is 385 g/mol. The van der Waals surface area contributed by atoms with E-state index in [0.29, 0.717) is 29.7 Å². The van der Waals surface area contributed by atoms with Crippen LogP contribution in [-0.2, 0) is 22.4 Å². The van der Waals surface area contributed by atoms with Crippen LogP contribution in [0.3, 0.4) is 0 Å². The Morgan fingerprint density at radius 2 is 1.82 bits per heavy atom. The summed E-state index contributed by atoms with van der Waals surface area (Å²) in [5.74, 6) is -0.464. The molecule has 0 amide bonds. The number of nitrogen functional groups attached to an aromatic ring is 1. The van der Waals surface area contributed by atoms with Gasteiger partial charge < -0.3 is 26.0 Å². The quantitative estimate of drug-likeness (QED) is 0.241. The molecule has 0 spiro atoms. The standard InChI is InChI=1S/C21H27N3O4/c1-2-28-21(27)19(24-17-7-5-16(6-8-17)20(22)23)18-13-14(9-11-25)3-4-15(18)10-12-26/h3-8,13,19,24-26H,2,9-12H2,1H3,(H3,22,23). The molecule has 0 bridgehead atoms. The van der Waals surface area contributed by atoms with E-state index in [-0.39, 0.29) is 25.7 Å². The fourth-order valence-corrected chi connectivity index (χ4v) is 2.95. The lowest BCUT2D eigenvalue weighted by Gasteiger charge is -2.22. The molecule has 0 radical (unpaired) electrons. The van der Waals surface area contributed by atoms with Crippen molar-refractivity contribution in [2.45, 2.75) is 25.8 Å². The van der Waals surface area contributed by atoms with Crippen molar-refractivity contribution >= 4 is 17.5 Å². The molecule has 0 aliphatic carbocycles. The zero-order valence-corrected chi connectivity index (χ0v) is 15.9. The number of esters is 1. The summed E-state index contributed by atoms with van der Waals surface area (Å²) < 4.78 is 5.26. The zero-order valence-electron chi connectivity index (χ0n) is 15.9. The lowest BCUT2D eigenvalue weighted by Crippen LogP contribution is -2.25. The van der Waals surface area contributed by atoms with Gasteiger partial charge in [-0.1, -0.05) is 18.2 Å². The van der Waals surface area contributed by atoms with Crippen molar-refractivity contribution in [2.75, 3.05) is 25.1 Å². The monoisotopic (exact) mass is 385 g/mol. The maximum absolute atomic E-state index is 12.7. The zero-order chi connectivity index (χ0) is 20.5. The van der Waals surface area contributed by atoms with Crippen molar-refractivity contribution in [3.05, 3.63) is 64.7 Å². The molecular weight excluding hydrogens is 358 g/mol. The van der Waals surface area contributed by atoms with E-state index in [2.05, 4.69) is 5.32 Å². The largest absolute Gasteiger partial charge is 0.464 e. The summed E-state index contributed by atoms with van der Waals surface area (Å²) in [6, 6.07) is 11.7. The van der Waals surface area contributed by atoms with Gasteiger partial charge in [0, 0.05) is 24.5 Å². The first-order valence-electron chi connectivity index (χ1n) is 9.21. The van der Waals surface area contributed by atoms with Crippen LogP contribution in [0.15, 0.2) is 42.5 Å². The SMILES string of the molecule is CCOC(=O)C(Nc1ccc(C(=N)N)cc1)c1cc(CCO)ccc1CCO. The molecule has 28 heavy (non-hydrogen) atoms. The molecular formula is C21H27N3O4. The molecule has 7 nitrogen and oxygen atoms in total. The molecule has 0 fully saturated rings. The second-order valence-electron chi connectivity index (χ2n) is 6.30. The first-order chi connectivity index (χ1) is 13.5. The number of benzene rings is 2. The maximum atomic E-state index is 12.7. The highest BCUT2D eigenvalue weighted by atomic mass is 16.5.